The van der Waals surface area contributed by atoms with E-state index in [1.54, 1.807) is 0 Å². The fourth-order valence-electron chi connectivity index (χ4n) is 1.70. The Balaban J connectivity index is 2.04. The SMILES string of the molecule is C1=CC2CNCC(CC1)N2. The zero-order valence-corrected chi connectivity index (χ0v) is 6.14. The lowest BCUT2D eigenvalue weighted by molar-refractivity contribution is 0.368. The molecule has 1 saturated heterocycles. The highest BCUT2D eigenvalue weighted by Gasteiger charge is 2.19. The first-order valence-corrected chi connectivity index (χ1v) is 4.08. The van der Waals surface area contributed by atoms with E-state index < -0.39 is 0 Å². The summed E-state index contributed by atoms with van der Waals surface area (Å²) in [6.07, 6.45) is 7.12. The molecule has 2 aliphatic rings. The molecule has 0 aromatic rings. The molecule has 0 amide bonds. The molecule has 2 aliphatic heterocycles. The van der Waals surface area contributed by atoms with Gasteiger partial charge in [0.2, 0.25) is 0 Å². The molecule has 2 heteroatoms. The molecule has 1 fully saturated rings. The second-order valence-electron chi connectivity index (χ2n) is 3.13. The van der Waals surface area contributed by atoms with Gasteiger partial charge in [0, 0.05) is 25.2 Å². The van der Waals surface area contributed by atoms with E-state index >= 15 is 0 Å². The summed E-state index contributed by atoms with van der Waals surface area (Å²) in [6.45, 7) is 2.26. The highest BCUT2D eigenvalue weighted by molar-refractivity contribution is 5.02. The van der Waals surface area contributed by atoms with E-state index in [0.717, 1.165) is 13.1 Å². The van der Waals surface area contributed by atoms with Crippen LogP contribution < -0.4 is 10.6 Å². The minimum Gasteiger partial charge on any atom is -0.313 e. The molecule has 2 bridgehead atoms. The van der Waals surface area contributed by atoms with Gasteiger partial charge in [-0.2, -0.15) is 0 Å². The van der Waals surface area contributed by atoms with E-state index in [1.165, 1.54) is 12.8 Å². The van der Waals surface area contributed by atoms with Gasteiger partial charge < -0.3 is 10.6 Å². The van der Waals surface area contributed by atoms with E-state index in [9.17, 15) is 0 Å². The highest BCUT2D eigenvalue weighted by atomic mass is 15.1. The molecule has 0 spiro atoms. The molecule has 2 nitrogen and oxygen atoms in total. The van der Waals surface area contributed by atoms with Crippen LogP contribution in [0.2, 0.25) is 0 Å². The third-order valence-electron chi connectivity index (χ3n) is 2.25. The van der Waals surface area contributed by atoms with Crippen LogP contribution in [-0.4, -0.2) is 25.2 Å². The number of fused-ring (bicyclic) bond motifs is 2. The van der Waals surface area contributed by atoms with E-state index in [2.05, 4.69) is 22.8 Å². The molecule has 0 aromatic heterocycles. The van der Waals surface area contributed by atoms with E-state index in [4.69, 9.17) is 0 Å². The lowest BCUT2D eigenvalue weighted by Crippen LogP contribution is -2.53. The molecule has 0 aliphatic carbocycles. The van der Waals surface area contributed by atoms with Gasteiger partial charge in [0.1, 0.15) is 0 Å². The fourth-order valence-corrected chi connectivity index (χ4v) is 1.70. The maximum atomic E-state index is 3.57. The van der Waals surface area contributed by atoms with Gasteiger partial charge in [0.05, 0.1) is 0 Å². The number of hydrogen-bond donors (Lipinski definition) is 2. The van der Waals surface area contributed by atoms with Gasteiger partial charge in [-0.15, -0.1) is 0 Å². The van der Waals surface area contributed by atoms with Crippen molar-refractivity contribution >= 4 is 0 Å². The smallest absolute Gasteiger partial charge is 0.0378 e. The monoisotopic (exact) mass is 138 g/mol. The first-order valence-electron chi connectivity index (χ1n) is 4.08. The van der Waals surface area contributed by atoms with Gasteiger partial charge in [0.15, 0.2) is 0 Å². The number of piperazine rings is 1. The van der Waals surface area contributed by atoms with Crippen LogP contribution in [0.25, 0.3) is 0 Å². The summed E-state index contributed by atoms with van der Waals surface area (Å²) < 4.78 is 0. The van der Waals surface area contributed by atoms with E-state index in [-0.39, 0.29) is 0 Å². The lowest BCUT2D eigenvalue weighted by Gasteiger charge is -2.28. The molecule has 0 saturated carbocycles. The minimum atomic E-state index is 0.598. The van der Waals surface area contributed by atoms with Crippen molar-refractivity contribution in [2.75, 3.05) is 13.1 Å². The molecule has 56 valence electrons. The van der Waals surface area contributed by atoms with Crippen LogP contribution in [0, 0.1) is 0 Å². The molecule has 0 radical (unpaired) electrons. The summed E-state index contributed by atoms with van der Waals surface area (Å²) in [5.74, 6) is 0. The summed E-state index contributed by atoms with van der Waals surface area (Å²) >= 11 is 0. The van der Waals surface area contributed by atoms with Gasteiger partial charge in [-0.05, 0) is 12.8 Å². The third kappa shape index (κ3) is 1.22. The average Bonchev–Trinajstić information content (AvgIpc) is 2.12. The molecule has 2 rings (SSSR count). The standard InChI is InChI=1S/C8H14N2/c1-2-4-8-6-9-5-7(3-1)10-8/h1,3,7-10H,2,4-6H2. The van der Waals surface area contributed by atoms with Crippen LogP contribution >= 0.6 is 0 Å². The molecule has 2 atom stereocenters. The predicted molar refractivity (Wildman–Crippen MR) is 42.0 cm³/mol. The van der Waals surface area contributed by atoms with E-state index in [1.807, 2.05) is 0 Å². The fraction of sp³-hybridized carbons (Fsp3) is 0.750. The number of rotatable bonds is 0. The maximum absolute atomic E-state index is 3.57. The van der Waals surface area contributed by atoms with Crippen LogP contribution in [-0.2, 0) is 0 Å². The Morgan fingerprint density at radius 3 is 3.30 bits per heavy atom. The Kier molecular flexibility index (Phi) is 1.74. The zero-order valence-electron chi connectivity index (χ0n) is 6.14. The number of hydrogen-bond acceptors (Lipinski definition) is 2. The van der Waals surface area contributed by atoms with Crippen molar-refractivity contribution in [1.29, 1.82) is 0 Å². The van der Waals surface area contributed by atoms with E-state index in [0.29, 0.717) is 12.1 Å². The van der Waals surface area contributed by atoms with Gasteiger partial charge in [-0.25, -0.2) is 0 Å². The van der Waals surface area contributed by atoms with Gasteiger partial charge in [-0.3, -0.25) is 0 Å². The molecule has 2 heterocycles. The molecule has 2 N–H and O–H groups in total. The second kappa shape index (κ2) is 2.72. The predicted octanol–water partition coefficient (Wildman–Crippen LogP) is 0.266. The Labute approximate surface area is 61.7 Å². The van der Waals surface area contributed by atoms with Crippen LogP contribution in [0.3, 0.4) is 0 Å². The van der Waals surface area contributed by atoms with Gasteiger partial charge in [-0.1, -0.05) is 12.2 Å². The Morgan fingerprint density at radius 1 is 1.30 bits per heavy atom. The lowest BCUT2D eigenvalue weighted by atomic mass is 10.1. The van der Waals surface area contributed by atoms with Crippen LogP contribution in [0.4, 0.5) is 0 Å². The maximum Gasteiger partial charge on any atom is 0.0378 e. The topological polar surface area (TPSA) is 24.1 Å². The summed E-state index contributed by atoms with van der Waals surface area (Å²) in [6, 6.07) is 1.31. The van der Waals surface area contributed by atoms with Crippen molar-refractivity contribution < 1.29 is 0 Å². The quantitative estimate of drug-likeness (QED) is 0.469. The molecular weight excluding hydrogens is 124 g/mol. The third-order valence-corrected chi connectivity index (χ3v) is 2.25. The van der Waals surface area contributed by atoms with Crippen molar-refractivity contribution in [2.24, 2.45) is 0 Å². The summed E-state index contributed by atoms with van der Waals surface area (Å²) in [4.78, 5) is 0. The average molecular weight is 138 g/mol. The van der Waals surface area contributed by atoms with Crippen molar-refractivity contribution in [3.8, 4) is 0 Å². The van der Waals surface area contributed by atoms with Crippen LogP contribution in [0.5, 0.6) is 0 Å². The van der Waals surface area contributed by atoms with Crippen molar-refractivity contribution in [1.82, 2.24) is 10.6 Å². The van der Waals surface area contributed by atoms with Crippen LogP contribution in [0.15, 0.2) is 12.2 Å². The highest BCUT2D eigenvalue weighted by Crippen LogP contribution is 2.08. The first-order chi connectivity index (χ1) is 4.95. The van der Waals surface area contributed by atoms with Gasteiger partial charge in [0.25, 0.3) is 0 Å². The summed E-state index contributed by atoms with van der Waals surface area (Å²) in [7, 11) is 0. The number of allylic oxidation sites excluding steroid dienone is 1. The van der Waals surface area contributed by atoms with Crippen molar-refractivity contribution in [2.45, 2.75) is 24.9 Å². The minimum absolute atomic E-state index is 0.598. The zero-order chi connectivity index (χ0) is 6.81. The van der Waals surface area contributed by atoms with Crippen molar-refractivity contribution in [3.05, 3.63) is 12.2 Å². The Morgan fingerprint density at radius 2 is 2.30 bits per heavy atom. The Bertz CT molecular complexity index is 142. The number of nitrogens with one attached hydrogen (secondary N) is 2. The molecule has 0 aromatic carbocycles. The second-order valence-corrected chi connectivity index (χ2v) is 3.13. The summed E-state index contributed by atoms with van der Waals surface area (Å²) in [5, 5.41) is 6.98. The molecular formula is C8H14N2. The largest absolute Gasteiger partial charge is 0.313 e. The summed E-state index contributed by atoms with van der Waals surface area (Å²) in [5.41, 5.74) is 0. The van der Waals surface area contributed by atoms with Crippen LogP contribution in [0.1, 0.15) is 12.8 Å². The van der Waals surface area contributed by atoms with Gasteiger partial charge >= 0.3 is 0 Å². The first kappa shape index (κ1) is 6.38. The Hall–Kier alpha value is -0.340. The molecule has 10 heavy (non-hydrogen) atoms. The van der Waals surface area contributed by atoms with Crippen molar-refractivity contribution in [3.63, 3.8) is 0 Å². The normalized spacial score (nSPS) is 39.2. The molecule has 2 unspecified atom stereocenters.